The second-order valence-corrected chi connectivity index (χ2v) is 8.84. The summed E-state index contributed by atoms with van der Waals surface area (Å²) in [6.45, 7) is 3.73. The summed E-state index contributed by atoms with van der Waals surface area (Å²) in [5, 5.41) is 0.364. The molecule has 7 nitrogen and oxygen atoms in total. The summed E-state index contributed by atoms with van der Waals surface area (Å²) in [7, 11) is -3.87. The number of nitrogens with one attached hydrogen (secondary N) is 1. The van der Waals surface area contributed by atoms with Crippen molar-refractivity contribution in [2.24, 2.45) is 0 Å². The minimum atomic E-state index is -3.87. The first-order valence-corrected chi connectivity index (χ1v) is 11.1. The number of benzene rings is 2. The SMILES string of the molecule is C[C@@H](Oc1ccc(S(=O)(=O)Nc2cccc(Cl)c2Cl)cc1)C(=O)N1CCOCC1. The number of ether oxygens (including phenoxy) is 2. The lowest BCUT2D eigenvalue weighted by Gasteiger charge is -2.29. The molecule has 3 rings (SSSR count). The topological polar surface area (TPSA) is 84.9 Å². The fourth-order valence-corrected chi connectivity index (χ4v) is 4.25. The minimum Gasteiger partial charge on any atom is -0.481 e. The molecule has 1 amide bonds. The highest BCUT2D eigenvalue weighted by Gasteiger charge is 2.24. The van der Waals surface area contributed by atoms with Gasteiger partial charge < -0.3 is 14.4 Å². The Morgan fingerprint density at radius 3 is 2.45 bits per heavy atom. The van der Waals surface area contributed by atoms with Gasteiger partial charge in [0.25, 0.3) is 15.9 Å². The molecule has 1 aliphatic heterocycles. The summed E-state index contributed by atoms with van der Waals surface area (Å²) in [4.78, 5) is 14.1. The van der Waals surface area contributed by atoms with Crippen LogP contribution in [0.2, 0.25) is 10.0 Å². The molecular weight excluding hydrogens is 439 g/mol. The van der Waals surface area contributed by atoms with Crippen LogP contribution in [0.1, 0.15) is 6.92 Å². The zero-order chi connectivity index (χ0) is 21.0. The van der Waals surface area contributed by atoms with Crippen LogP contribution in [0.4, 0.5) is 5.69 Å². The van der Waals surface area contributed by atoms with E-state index in [9.17, 15) is 13.2 Å². The molecule has 0 unspecified atom stereocenters. The van der Waals surface area contributed by atoms with Crippen LogP contribution in [0.25, 0.3) is 0 Å². The fraction of sp³-hybridized carbons (Fsp3) is 0.316. The first kappa shape index (κ1) is 21.7. The molecule has 1 atom stereocenters. The van der Waals surface area contributed by atoms with Crippen LogP contribution in [0.3, 0.4) is 0 Å². The normalized spacial score (nSPS) is 15.6. The lowest BCUT2D eigenvalue weighted by Crippen LogP contribution is -2.46. The first-order valence-electron chi connectivity index (χ1n) is 8.88. The van der Waals surface area contributed by atoms with Gasteiger partial charge in [0.15, 0.2) is 6.10 Å². The van der Waals surface area contributed by atoms with E-state index in [1.165, 1.54) is 30.3 Å². The van der Waals surface area contributed by atoms with Crippen molar-refractivity contribution in [2.75, 3.05) is 31.0 Å². The minimum absolute atomic E-state index is 0.0213. The molecule has 156 valence electrons. The molecular formula is C19H20Cl2N2O5S. The summed E-state index contributed by atoms with van der Waals surface area (Å²) in [5.41, 5.74) is 0.184. The summed E-state index contributed by atoms with van der Waals surface area (Å²) >= 11 is 12.0. The smallest absolute Gasteiger partial charge is 0.263 e. The van der Waals surface area contributed by atoms with Gasteiger partial charge in [-0.25, -0.2) is 8.42 Å². The molecule has 1 aliphatic rings. The largest absolute Gasteiger partial charge is 0.481 e. The van der Waals surface area contributed by atoms with E-state index in [1.807, 2.05) is 0 Å². The summed E-state index contributed by atoms with van der Waals surface area (Å²) in [6, 6.07) is 10.4. The number of carbonyl (C=O) groups is 1. The van der Waals surface area contributed by atoms with Crippen LogP contribution in [0, 0.1) is 0 Å². The summed E-state index contributed by atoms with van der Waals surface area (Å²) in [6.07, 6.45) is -0.695. The Hall–Kier alpha value is -2.00. The van der Waals surface area contributed by atoms with Gasteiger partial charge in [0.05, 0.1) is 33.8 Å². The molecule has 0 aromatic heterocycles. The van der Waals surface area contributed by atoms with E-state index in [1.54, 1.807) is 24.0 Å². The van der Waals surface area contributed by atoms with Gasteiger partial charge in [-0.1, -0.05) is 29.3 Å². The summed E-state index contributed by atoms with van der Waals surface area (Å²) < 4.78 is 38.5. The molecule has 1 heterocycles. The number of rotatable bonds is 6. The van der Waals surface area contributed by atoms with Crippen molar-refractivity contribution in [1.82, 2.24) is 4.90 Å². The molecule has 2 aromatic carbocycles. The molecule has 1 fully saturated rings. The molecule has 10 heteroatoms. The zero-order valence-electron chi connectivity index (χ0n) is 15.6. The van der Waals surface area contributed by atoms with Gasteiger partial charge in [0, 0.05) is 13.1 Å². The number of hydrogen-bond acceptors (Lipinski definition) is 5. The van der Waals surface area contributed by atoms with Gasteiger partial charge in [0.1, 0.15) is 5.75 Å². The van der Waals surface area contributed by atoms with E-state index < -0.39 is 16.1 Å². The third-order valence-corrected chi connectivity index (χ3v) is 6.51. The van der Waals surface area contributed by atoms with E-state index in [4.69, 9.17) is 32.7 Å². The van der Waals surface area contributed by atoms with Crippen molar-refractivity contribution in [3.63, 3.8) is 0 Å². The van der Waals surface area contributed by atoms with Crippen molar-refractivity contribution < 1.29 is 22.7 Å². The van der Waals surface area contributed by atoms with Gasteiger partial charge in [-0.2, -0.15) is 0 Å². The number of carbonyl (C=O) groups excluding carboxylic acids is 1. The van der Waals surface area contributed by atoms with Gasteiger partial charge in [-0.3, -0.25) is 9.52 Å². The number of anilines is 1. The second kappa shape index (κ2) is 9.21. The van der Waals surface area contributed by atoms with E-state index in [0.29, 0.717) is 32.1 Å². The molecule has 0 bridgehead atoms. The van der Waals surface area contributed by atoms with Crippen LogP contribution < -0.4 is 9.46 Å². The molecule has 0 radical (unpaired) electrons. The molecule has 2 aromatic rings. The number of amides is 1. The van der Waals surface area contributed by atoms with E-state index >= 15 is 0 Å². The monoisotopic (exact) mass is 458 g/mol. The van der Waals surface area contributed by atoms with Gasteiger partial charge in [-0.05, 0) is 43.3 Å². The van der Waals surface area contributed by atoms with Gasteiger partial charge >= 0.3 is 0 Å². The lowest BCUT2D eigenvalue weighted by molar-refractivity contribution is -0.142. The Balaban J connectivity index is 1.67. The molecule has 29 heavy (non-hydrogen) atoms. The average molecular weight is 459 g/mol. The van der Waals surface area contributed by atoms with Crippen LogP contribution >= 0.6 is 23.2 Å². The predicted molar refractivity (Wildman–Crippen MR) is 111 cm³/mol. The maximum Gasteiger partial charge on any atom is 0.263 e. The highest BCUT2D eigenvalue weighted by molar-refractivity contribution is 7.92. The van der Waals surface area contributed by atoms with Crippen LogP contribution in [-0.2, 0) is 19.6 Å². The average Bonchev–Trinajstić information content (AvgIpc) is 2.72. The quantitative estimate of drug-likeness (QED) is 0.716. The third-order valence-electron chi connectivity index (χ3n) is 4.31. The van der Waals surface area contributed by atoms with Crippen LogP contribution in [0.15, 0.2) is 47.4 Å². The Bertz CT molecular complexity index is 977. The van der Waals surface area contributed by atoms with Crippen molar-refractivity contribution in [3.05, 3.63) is 52.5 Å². The Kier molecular flexibility index (Phi) is 6.89. The Morgan fingerprint density at radius 1 is 1.14 bits per heavy atom. The Morgan fingerprint density at radius 2 is 1.79 bits per heavy atom. The van der Waals surface area contributed by atoms with Crippen molar-refractivity contribution >= 4 is 44.8 Å². The summed E-state index contributed by atoms with van der Waals surface area (Å²) in [5.74, 6) is 0.251. The van der Waals surface area contributed by atoms with Crippen molar-refractivity contribution in [2.45, 2.75) is 17.9 Å². The second-order valence-electron chi connectivity index (χ2n) is 6.38. The number of sulfonamides is 1. The first-order chi connectivity index (χ1) is 13.8. The zero-order valence-corrected chi connectivity index (χ0v) is 17.9. The number of morpholine rings is 1. The fourth-order valence-electron chi connectivity index (χ4n) is 2.78. The van der Waals surface area contributed by atoms with Crippen molar-refractivity contribution in [3.8, 4) is 5.75 Å². The predicted octanol–water partition coefficient (Wildman–Crippen LogP) is 3.42. The molecule has 0 saturated carbocycles. The number of nitrogens with zero attached hydrogens (tertiary/aromatic N) is 1. The van der Waals surface area contributed by atoms with Crippen LogP contribution in [-0.4, -0.2) is 51.6 Å². The van der Waals surface area contributed by atoms with Crippen molar-refractivity contribution in [1.29, 1.82) is 0 Å². The standard InChI is InChI=1S/C19H20Cl2N2O5S/c1-13(19(24)23-9-11-27-12-10-23)28-14-5-7-15(8-6-14)29(25,26)22-17-4-2-3-16(20)18(17)21/h2-8,13,22H,9-12H2,1H3/t13-/m1/s1. The van der Waals surface area contributed by atoms with E-state index in [0.717, 1.165) is 0 Å². The molecule has 1 saturated heterocycles. The molecule has 0 aliphatic carbocycles. The maximum atomic E-state index is 12.6. The third kappa shape index (κ3) is 5.33. The van der Waals surface area contributed by atoms with Gasteiger partial charge in [0.2, 0.25) is 0 Å². The van der Waals surface area contributed by atoms with Gasteiger partial charge in [-0.15, -0.1) is 0 Å². The molecule has 0 spiro atoms. The van der Waals surface area contributed by atoms with E-state index in [2.05, 4.69) is 4.72 Å². The maximum absolute atomic E-state index is 12.6. The molecule has 1 N–H and O–H groups in total. The number of hydrogen-bond donors (Lipinski definition) is 1. The Labute approximate surface area is 179 Å². The van der Waals surface area contributed by atoms with Crippen LogP contribution in [0.5, 0.6) is 5.75 Å². The lowest BCUT2D eigenvalue weighted by atomic mass is 10.3. The number of halogens is 2. The highest BCUT2D eigenvalue weighted by Crippen LogP contribution is 2.31. The highest BCUT2D eigenvalue weighted by atomic mass is 35.5. The van der Waals surface area contributed by atoms with E-state index in [-0.39, 0.29) is 26.5 Å².